The summed E-state index contributed by atoms with van der Waals surface area (Å²) in [6.45, 7) is 18.7. The van der Waals surface area contributed by atoms with Crippen molar-refractivity contribution in [3.05, 3.63) is 155 Å². The first-order chi connectivity index (χ1) is 46.5. The molecule has 2 heterocycles. The molecular weight excluding hydrogens is 1440 g/mol. The van der Waals surface area contributed by atoms with Gasteiger partial charge in [0.2, 0.25) is 32.2 Å². The highest BCUT2D eigenvalue weighted by Crippen LogP contribution is 2.74. The van der Waals surface area contributed by atoms with Crippen LogP contribution in [0.1, 0.15) is 123 Å². The molecule has 0 spiro atoms. The minimum Gasteiger partial charge on any atom is -0.725 e. The normalized spacial score (nSPS) is 36.3. The van der Waals surface area contributed by atoms with E-state index >= 15 is 17.6 Å². The van der Waals surface area contributed by atoms with E-state index in [1.807, 2.05) is 16.3 Å². The van der Waals surface area contributed by atoms with Crippen LogP contribution in [0.5, 0.6) is 0 Å². The second-order valence-electron chi connectivity index (χ2n) is 27.8. The number of aryl methyl sites for hydroxylation is 1. The van der Waals surface area contributed by atoms with Crippen LogP contribution in [0.2, 0.25) is 0 Å². The molecule has 8 aliphatic carbocycles. The van der Waals surface area contributed by atoms with Crippen molar-refractivity contribution < 1.29 is 105 Å². The van der Waals surface area contributed by atoms with Crippen molar-refractivity contribution in [2.24, 2.45) is 57.2 Å². The molecule has 0 aliphatic heterocycles. The summed E-state index contributed by atoms with van der Waals surface area (Å²) in [5, 5.41) is 22.3. The lowest BCUT2D eigenvalue weighted by atomic mass is 9.44. The number of furan rings is 2. The Morgan fingerprint density at radius 3 is 1.57 bits per heavy atom. The van der Waals surface area contributed by atoms with E-state index in [2.05, 4.69) is 64.6 Å². The maximum Gasteiger partial charge on any atom is 0.536 e. The molecule has 0 amide bonds. The Morgan fingerprint density at radius 1 is 0.720 bits per heavy atom. The Labute approximate surface area is 597 Å². The summed E-state index contributed by atoms with van der Waals surface area (Å²) >= 11 is 17.1. The molecule has 0 radical (unpaired) electrons. The molecule has 16 nitrogen and oxygen atoms in total. The van der Waals surface area contributed by atoms with E-state index in [9.17, 15) is 52.2 Å². The molecule has 0 bridgehead atoms. The van der Waals surface area contributed by atoms with Crippen molar-refractivity contribution in [1.29, 1.82) is 0 Å². The van der Waals surface area contributed by atoms with Crippen LogP contribution >= 0.6 is 47.6 Å². The highest BCUT2D eigenvalue weighted by molar-refractivity contribution is 8.14. The molecule has 12 rings (SSSR count). The number of aliphatic hydroxyl groups is 2. The number of carbonyl (C=O) groups is 6. The summed E-state index contributed by atoms with van der Waals surface area (Å²) in [6, 6.07) is 19.6. The number of thioether (sulfide) groups is 1. The molecule has 6 fully saturated rings. The first kappa shape index (κ1) is 78.6. The number of hydrogen-bond donors (Lipinski definition) is 3. The first-order valence-electron chi connectivity index (χ1n) is 31.9. The number of thiol groups is 1. The summed E-state index contributed by atoms with van der Waals surface area (Å²) in [5.41, 5.74) is -8.13. The first-order valence-corrected chi connectivity index (χ1v) is 37.2. The lowest BCUT2D eigenvalue weighted by Gasteiger charge is -2.63. The van der Waals surface area contributed by atoms with Crippen LogP contribution in [0, 0.1) is 90.9 Å². The van der Waals surface area contributed by atoms with Crippen LogP contribution in [0.15, 0.2) is 133 Å². The quantitative estimate of drug-likeness (QED) is 0.0184. The zero-order valence-electron chi connectivity index (χ0n) is 55.9. The molecule has 19 atom stereocenters. The van der Waals surface area contributed by atoms with Crippen molar-refractivity contribution in [2.45, 2.75) is 171 Å². The average Bonchev–Trinajstić information content (AvgIpc) is 1.37. The van der Waals surface area contributed by atoms with Crippen LogP contribution in [0.3, 0.4) is 0 Å². The van der Waals surface area contributed by atoms with Crippen LogP contribution in [-0.4, -0.2) is 121 Å². The molecule has 6 saturated carbocycles. The van der Waals surface area contributed by atoms with E-state index in [1.54, 1.807) is 27.7 Å². The number of benzene rings is 2. The third kappa shape index (κ3) is 13.1. The molecular formula is C71H76Cl2F7O16S4-. The zero-order chi connectivity index (χ0) is 74.2. The van der Waals surface area contributed by atoms with Crippen LogP contribution in [-0.2, 0) is 54.1 Å². The number of ketones is 2. The van der Waals surface area contributed by atoms with Gasteiger partial charge in [0.1, 0.15) is 12.3 Å². The Hall–Kier alpha value is -5.49. The highest BCUT2D eigenvalue weighted by Gasteiger charge is 2.80. The summed E-state index contributed by atoms with van der Waals surface area (Å²) in [4.78, 5) is 79.5. The van der Waals surface area contributed by atoms with Crippen LogP contribution < -0.4 is 0 Å². The molecule has 5 unspecified atom stereocenters. The lowest BCUT2D eigenvalue weighted by molar-refractivity contribution is -0.275. The Morgan fingerprint density at radius 2 is 1.18 bits per heavy atom. The fraction of sp³-hybridized carbons (Fsp3) is 0.521. The van der Waals surface area contributed by atoms with E-state index in [4.69, 9.17) is 54.5 Å². The second kappa shape index (κ2) is 28.5. The fourth-order valence-corrected chi connectivity index (χ4v) is 22.4. The Bertz CT molecular complexity index is 4080. The summed E-state index contributed by atoms with van der Waals surface area (Å²) < 4.78 is 150. The van der Waals surface area contributed by atoms with Gasteiger partial charge in [-0.1, -0.05) is 63.2 Å². The van der Waals surface area contributed by atoms with Crippen molar-refractivity contribution >= 4 is 103 Å². The highest BCUT2D eigenvalue weighted by atomic mass is 35.5. The van der Waals surface area contributed by atoms with Gasteiger partial charge >= 0.3 is 18.3 Å². The SMILES string of the molecule is C[C@@H]1CC2C3C[C@@H](F)C4=CC(=O)C=C[C@]4(C)[C@]3(F)[C@@H](O)C[C@]2(C)[C@@]1(OC(=O)c1ccco1)C(=O)S.C[C@@H]1CC2C3C[C@@H](F)C4=CC(=O)C=C[C@]4(C)[C@]3(F)[C@@H](O)C[C@]2(C)[C@@]1(OC(=O)c1ccco1)C(=O)SCCl.Cc1cc([S+](CCl)c2[c-]cccc2)c(C)c(C)c1C.O=S(=O)([O-])OC(F)(F)F. The van der Waals surface area contributed by atoms with Crippen molar-refractivity contribution in [3.8, 4) is 0 Å². The van der Waals surface area contributed by atoms with Crippen molar-refractivity contribution in [1.82, 2.24) is 0 Å². The molecule has 0 saturated heterocycles. The molecule has 100 heavy (non-hydrogen) atoms. The Kier molecular flexibility index (Phi) is 22.4. The Balaban J connectivity index is 0.000000171. The van der Waals surface area contributed by atoms with E-state index in [0.717, 1.165) is 23.9 Å². The number of aliphatic hydroxyl groups excluding tert-OH is 2. The van der Waals surface area contributed by atoms with Gasteiger partial charge in [-0.05, 0) is 174 Å². The van der Waals surface area contributed by atoms with Gasteiger partial charge in [-0.2, -0.15) is 22.4 Å². The van der Waals surface area contributed by atoms with Gasteiger partial charge in [-0.15, -0.1) is 49.5 Å². The minimum absolute atomic E-state index is 0.0248. The number of carbonyl (C=O) groups excluding carboxylic acids is 6. The smallest absolute Gasteiger partial charge is 0.536 e. The predicted octanol–water partition coefficient (Wildman–Crippen LogP) is 14.3. The van der Waals surface area contributed by atoms with Crippen molar-refractivity contribution in [3.63, 3.8) is 0 Å². The average molecular weight is 1520 g/mol. The number of halogens is 9. The van der Waals surface area contributed by atoms with E-state index in [0.29, 0.717) is 5.21 Å². The lowest BCUT2D eigenvalue weighted by Crippen LogP contribution is -2.70. The summed E-state index contributed by atoms with van der Waals surface area (Å²) in [6.07, 6.45) is -2.24. The number of fused-ring (bicyclic) bond motifs is 10. The maximum atomic E-state index is 17.4. The second-order valence-corrected chi connectivity index (χ2v) is 33.2. The van der Waals surface area contributed by atoms with Gasteiger partial charge in [-0.3, -0.25) is 19.2 Å². The van der Waals surface area contributed by atoms with Crippen molar-refractivity contribution in [2.75, 3.05) is 10.4 Å². The monoisotopic (exact) mass is 1520 g/mol. The summed E-state index contributed by atoms with van der Waals surface area (Å²) in [7, 11) is -5.75. The van der Waals surface area contributed by atoms with E-state index in [1.165, 1.54) is 107 Å². The van der Waals surface area contributed by atoms with Gasteiger partial charge in [0, 0.05) is 50.9 Å². The van der Waals surface area contributed by atoms with E-state index in [-0.39, 0.29) is 77.3 Å². The third-order valence-electron chi connectivity index (χ3n) is 23.0. The molecule has 4 aromatic rings. The molecule has 2 N–H and O–H groups in total. The van der Waals surface area contributed by atoms with Crippen LogP contribution in [0.25, 0.3) is 0 Å². The standard InChI is InChI=1S/C27H29ClF2O6S.C26H28F2O6S.C17H19ClS.CHF3O4S/c1-14-9-16-17-11-19(29)18-10-15(31)6-7-24(18,2)26(17,30)21(32)12-25(16,3)27(14,23(34)37-13-28)36-22(33)20-5-4-8-35-20;1-13-9-15-16-11-18(27)17-10-14(29)6-7-23(17,2)25(16,28)20(30)12-24(15,3)26(13,22(32)35)34-21(31)19-5-4-8-33-19;1-12-10-17(15(4)14(3)13(12)2)19(11-18)16-8-6-5-7-9-16;2-1(3,4)8-9(5,6)7/h4-8,10,14,16-17,19,21,32H,9,11-13H2,1-3H3;4-8,10,13,15-16,18,20,30H,9,11-12H2,1-3H3,(H,32,35);5-8,10H,11H2,1-4H3;(H,5,6,7)/p-1/t14-,16?,17?,19-,21+,24+,25+,26-,27+;13-,15?,16?,18-,20+,23+,24+,25-,26+;;/m11../s1. The largest absolute Gasteiger partial charge is 0.725 e. The third-order valence-corrected chi connectivity index (χ3v) is 27.4. The molecule has 2 aromatic heterocycles. The molecule has 544 valence electrons. The molecule has 29 heteroatoms. The van der Waals surface area contributed by atoms with Gasteiger partial charge in [0.25, 0.3) is 0 Å². The maximum absolute atomic E-state index is 17.4. The van der Waals surface area contributed by atoms with E-state index < -0.39 is 155 Å². The van der Waals surface area contributed by atoms with Gasteiger partial charge in [-0.25, -0.2) is 35.6 Å². The predicted molar refractivity (Wildman–Crippen MR) is 360 cm³/mol. The number of ether oxygens (including phenoxy) is 2. The minimum atomic E-state index is -5.66. The molecule has 2 aromatic carbocycles. The number of rotatable bonds is 11. The fourth-order valence-electron chi connectivity index (χ4n) is 18.1. The zero-order valence-corrected chi connectivity index (χ0v) is 60.8. The summed E-state index contributed by atoms with van der Waals surface area (Å²) in [5.74, 6) is -7.13. The van der Waals surface area contributed by atoms with Gasteiger partial charge < -0.3 is 33.1 Å². The van der Waals surface area contributed by atoms with Crippen LogP contribution in [0.4, 0.5) is 30.7 Å². The molecule has 8 aliphatic rings. The van der Waals surface area contributed by atoms with Gasteiger partial charge in [0.15, 0.2) is 44.2 Å². The topological polar surface area (TPSA) is 254 Å². The number of hydrogen-bond acceptors (Lipinski definition) is 17. The number of alkyl halides is 9. The number of allylic oxidation sites excluding steroid dienone is 8. The van der Waals surface area contributed by atoms with Gasteiger partial charge in [0.05, 0.1) is 45.7 Å². The number of esters is 2.